The SMILES string of the molecule is CCCCN1CNC(=O)C12CCN(C1CCCCC1c1ccccc1)CC2. The molecule has 3 aliphatic rings. The first-order chi connectivity index (χ1) is 13.2. The van der Waals surface area contributed by atoms with Crippen LogP contribution in [0.2, 0.25) is 0 Å². The summed E-state index contributed by atoms with van der Waals surface area (Å²) in [6.45, 7) is 6.14. The third-order valence-electron chi connectivity index (χ3n) is 7.29. The predicted octanol–water partition coefficient (Wildman–Crippen LogP) is 3.74. The number of hydrogen-bond donors (Lipinski definition) is 1. The Labute approximate surface area is 164 Å². The topological polar surface area (TPSA) is 35.6 Å². The Bertz CT molecular complexity index is 624. The van der Waals surface area contributed by atoms with Crippen molar-refractivity contribution >= 4 is 5.91 Å². The minimum Gasteiger partial charge on any atom is -0.342 e. The molecule has 1 N–H and O–H groups in total. The molecule has 4 rings (SSSR count). The van der Waals surface area contributed by atoms with Crippen molar-refractivity contribution in [2.45, 2.75) is 75.8 Å². The van der Waals surface area contributed by atoms with Crippen molar-refractivity contribution in [1.29, 1.82) is 0 Å². The molecule has 2 heterocycles. The highest BCUT2D eigenvalue weighted by Gasteiger charge is 2.50. The fraction of sp³-hybridized carbons (Fsp3) is 0.696. The number of benzene rings is 1. The molecule has 1 amide bonds. The molecule has 27 heavy (non-hydrogen) atoms. The van der Waals surface area contributed by atoms with Crippen LogP contribution in [0.1, 0.15) is 69.8 Å². The second kappa shape index (κ2) is 8.32. The van der Waals surface area contributed by atoms with Crippen molar-refractivity contribution in [3.63, 3.8) is 0 Å². The lowest BCUT2D eigenvalue weighted by Gasteiger charge is -2.47. The summed E-state index contributed by atoms with van der Waals surface area (Å²) in [5, 5.41) is 3.14. The average molecular weight is 370 g/mol. The molecule has 2 unspecified atom stereocenters. The first-order valence-corrected chi connectivity index (χ1v) is 11.1. The van der Waals surface area contributed by atoms with Crippen molar-refractivity contribution in [3.05, 3.63) is 35.9 Å². The van der Waals surface area contributed by atoms with Crippen LogP contribution in [0.25, 0.3) is 0 Å². The van der Waals surface area contributed by atoms with Crippen molar-refractivity contribution in [2.24, 2.45) is 0 Å². The number of carbonyl (C=O) groups is 1. The Hall–Kier alpha value is -1.39. The standard InChI is InChI=1S/C23H35N3O/c1-2-3-15-26-18-24-22(27)23(26)13-16-25(17-14-23)21-12-8-7-11-20(21)19-9-5-4-6-10-19/h4-6,9-10,20-21H,2-3,7-8,11-18H2,1H3,(H,24,27). The minimum atomic E-state index is -0.234. The van der Waals surface area contributed by atoms with Gasteiger partial charge in [-0.25, -0.2) is 0 Å². The van der Waals surface area contributed by atoms with E-state index in [9.17, 15) is 4.79 Å². The molecule has 1 aromatic carbocycles. The molecule has 2 aliphatic heterocycles. The summed E-state index contributed by atoms with van der Waals surface area (Å²) in [5.74, 6) is 0.934. The Balaban J connectivity index is 1.45. The Morgan fingerprint density at radius 2 is 1.85 bits per heavy atom. The lowest BCUT2D eigenvalue weighted by molar-refractivity contribution is -0.129. The van der Waals surface area contributed by atoms with Gasteiger partial charge in [-0.05, 0) is 43.6 Å². The number of carbonyl (C=O) groups excluding carboxylic acids is 1. The smallest absolute Gasteiger partial charge is 0.241 e. The molecule has 4 nitrogen and oxygen atoms in total. The fourth-order valence-electron chi connectivity index (χ4n) is 5.68. The van der Waals surface area contributed by atoms with Crippen molar-refractivity contribution in [3.8, 4) is 0 Å². The van der Waals surface area contributed by atoms with Gasteiger partial charge < -0.3 is 5.32 Å². The van der Waals surface area contributed by atoms with Crippen LogP contribution in [-0.4, -0.2) is 53.6 Å². The number of hydrogen-bond acceptors (Lipinski definition) is 3. The maximum atomic E-state index is 12.7. The lowest BCUT2D eigenvalue weighted by Crippen LogP contribution is -2.58. The summed E-state index contributed by atoms with van der Waals surface area (Å²) in [6, 6.07) is 11.8. The zero-order chi connectivity index (χ0) is 18.7. The highest BCUT2D eigenvalue weighted by Crippen LogP contribution is 2.40. The number of likely N-dealkylation sites (tertiary alicyclic amines) is 1. The number of piperidine rings is 1. The lowest BCUT2D eigenvalue weighted by atomic mass is 9.77. The maximum Gasteiger partial charge on any atom is 0.241 e. The van der Waals surface area contributed by atoms with Crippen molar-refractivity contribution < 1.29 is 4.79 Å². The molecular weight excluding hydrogens is 334 g/mol. The van der Waals surface area contributed by atoms with Gasteiger partial charge in [-0.15, -0.1) is 0 Å². The van der Waals surface area contributed by atoms with Gasteiger partial charge in [0.15, 0.2) is 0 Å². The van der Waals surface area contributed by atoms with Crippen LogP contribution in [0.15, 0.2) is 30.3 Å². The molecule has 1 aromatic rings. The molecule has 4 heteroatoms. The number of rotatable bonds is 5. The van der Waals surface area contributed by atoms with Gasteiger partial charge in [0.05, 0.1) is 6.67 Å². The van der Waals surface area contributed by atoms with Crippen LogP contribution >= 0.6 is 0 Å². The minimum absolute atomic E-state index is 0.234. The maximum absolute atomic E-state index is 12.7. The number of nitrogens with zero attached hydrogens (tertiary/aromatic N) is 2. The first kappa shape index (κ1) is 18.9. The second-order valence-corrected chi connectivity index (χ2v) is 8.72. The second-order valence-electron chi connectivity index (χ2n) is 8.72. The summed E-state index contributed by atoms with van der Waals surface area (Å²) in [6.07, 6.45) is 9.64. The molecule has 0 aromatic heterocycles. The summed E-state index contributed by atoms with van der Waals surface area (Å²) < 4.78 is 0. The van der Waals surface area contributed by atoms with Crippen LogP contribution in [0.4, 0.5) is 0 Å². The molecule has 3 fully saturated rings. The van der Waals surface area contributed by atoms with Gasteiger partial charge in [-0.1, -0.05) is 56.5 Å². The zero-order valence-electron chi connectivity index (χ0n) is 16.8. The van der Waals surface area contributed by atoms with Crippen LogP contribution in [-0.2, 0) is 4.79 Å². The Morgan fingerprint density at radius 3 is 2.59 bits per heavy atom. The van der Waals surface area contributed by atoms with E-state index in [2.05, 4.69) is 52.4 Å². The van der Waals surface area contributed by atoms with Gasteiger partial charge in [0.1, 0.15) is 5.54 Å². The Kier molecular flexibility index (Phi) is 5.84. The van der Waals surface area contributed by atoms with Gasteiger partial charge in [0.2, 0.25) is 5.91 Å². The van der Waals surface area contributed by atoms with Gasteiger partial charge in [-0.2, -0.15) is 0 Å². The van der Waals surface area contributed by atoms with Crippen molar-refractivity contribution in [1.82, 2.24) is 15.1 Å². The van der Waals surface area contributed by atoms with Gasteiger partial charge >= 0.3 is 0 Å². The largest absolute Gasteiger partial charge is 0.342 e. The average Bonchev–Trinajstić information content (AvgIpc) is 3.03. The van der Waals surface area contributed by atoms with E-state index >= 15 is 0 Å². The number of unbranched alkanes of at least 4 members (excludes halogenated alkanes) is 1. The quantitative estimate of drug-likeness (QED) is 0.859. The van der Waals surface area contributed by atoms with E-state index in [4.69, 9.17) is 0 Å². The number of amides is 1. The van der Waals surface area contributed by atoms with Crippen LogP contribution in [0.3, 0.4) is 0 Å². The van der Waals surface area contributed by atoms with E-state index < -0.39 is 0 Å². The fourth-order valence-corrected chi connectivity index (χ4v) is 5.68. The van der Waals surface area contributed by atoms with E-state index in [1.807, 2.05) is 0 Å². The molecular formula is C23H35N3O. The third kappa shape index (κ3) is 3.66. The highest BCUT2D eigenvalue weighted by atomic mass is 16.2. The van der Waals surface area contributed by atoms with E-state index in [0.717, 1.165) is 39.1 Å². The summed E-state index contributed by atoms with van der Waals surface area (Å²) in [4.78, 5) is 17.9. The van der Waals surface area contributed by atoms with Crippen LogP contribution in [0.5, 0.6) is 0 Å². The van der Waals surface area contributed by atoms with E-state index in [0.29, 0.717) is 12.0 Å². The van der Waals surface area contributed by atoms with E-state index in [-0.39, 0.29) is 11.4 Å². The van der Waals surface area contributed by atoms with Crippen LogP contribution < -0.4 is 5.32 Å². The van der Waals surface area contributed by atoms with Gasteiger partial charge in [-0.3, -0.25) is 14.6 Å². The summed E-state index contributed by atoms with van der Waals surface area (Å²) in [7, 11) is 0. The van der Waals surface area contributed by atoms with Gasteiger partial charge in [0.25, 0.3) is 0 Å². The summed E-state index contributed by atoms with van der Waals surface area (Å²) in [5.41, 5.74) is 1.27. The van der Waals surface area contributed by atoms with E-state index in [1.165, 1.54) is 44.1 Å². The molecule has 0 bridgehead atoms. The molecule has 148 valence electrons. The van der Waals surface area contributed by atoms with E-state index in [1.54, 1.807) is 0 Å². The summed E-state index contributed by atoms with van der Waals surface area (Å²) >= 11 is 0. The molecule has 0 radical (unpaired) electrons. The molecule has 1 aliphatic carbocycles. The Morgan fingerprint density at radius 1 is 1.11 bits per heavy atom. The molecule has 2 atom stereocenters. The van der Waals surface area contributed by atoms with Gasteiger partial charge in [0, 0.05) is 25.7 Å². The zero-order valence-corrected chi connectivity index (χ0v) is 16.8. The molecule has 1 saturated carbocycles. The monoisotopic (exact) mass is 369 g/mol. The van der Waals surface area contributed by atoms with Crippen LogP contribution in [0, 0.1) is 0 Å². The highest BCUT2D eigenvalue weighted by molar-refractivity contribution is 5.88. The normalized spacial score (nSPS) is 29.1. The molecule has 1 spiro atoms. The first-order valence-electron chi connectivity index (χ1n) is 11.1. The number of nitrogens with one attached hydrogen (secondary N) is 1. The third-order valence-corrected chi connectivity index (χ3v) is 7.29. The molecule has 2 saturated heterocycles. The van der Waals surface area contributed by atoms with Crippen molar-refractivity contribution in [2.75, 3.05) is 26.3 Å². The predicted molar refractivity (Wildman–Crippen MR) is 110 cm³/mol.